The molecule has 0 aliphatic carbocycles. The molecule has 0 saturated carbocycles. The van der Waals surface area contributed by atoms with Crippen LogP contribution in [0.15, 0.2) is 30.3 Å². The third-order valence-electron chi connectivity index (χ3n) is 3.29. The average Bonchev–Trinajstić information content (AvgIpc) is 2.74. The van der Waals surface area contributed by atoms with Gasteiger partial charge in [0.25, 0.3) is 0 Å². The van der Waals surface area contributed by atoms with Gasteiger partial charge in [0.05, 0.1) is 18.6 Å². The number of rotatable bonds is 4. The van der Waals surface area contributed by atoms with Crippen LogP contribution in [-0.2, 0) is 9.59 Å². The summed E-state index contributed by atoms with van der Waals surface area (Å²) in [6, 6.07) is 8.88. The van der Waals surface area contributed by atoms with Gasteiger partial charge < -0.3 is 15.7 Å². The highest BCUT2D eigenvalue weighted by atomic mass is 16.3. The predicted octanol–water partition coefficient (Wildman–Crippen LogP) is 0.0538. The molecule has 18 heavy (non-hydrogen) atoms. The molecule has 2 amide bonds. The van der Waals surface area contributed by atoms with E-state index in [1.165, 1.54) is 4.90 Å². The van der Waals surface area contributed by atoms with Crippen LogP contribution in [0.3, 0.4) is 0 Å². The Hall–Kier alpha value is -1.88. The smallest absolute Gasteiger partial charge is 0.224 e. The van der Waals surface area contributed by atoms with Gasteiger partial charge in [-0.2, -0.15) is 0 Å². The third-order valence-corrected chi connectivity index (χ3v) is 3.29. The minimum atomic E-state index is -0.462. The van der Waals surface area contributed by atoms with Crippen molar-refractivity contribution in [3.05, 3.63) is 35.9 Å². The molecule has 5 nitrogen and oxygen atoms in total. The molecule has 2 rings (SSSR count). The first-order valence-electron chi connectivity index (χ1n) is 5.88. The zero-order valence-electron chi connectivity index (χ0n) is 9.95. The highest BCUT2D eigenvalue weighted by Crippen LogP contribution is 2.28. The molecule has 1 unspecified atom stereocenters. The molecular formula is C13H16N2O3. The number of amides is 2. The molecule has 1 aromatic rings. The number of carbonyl (C=O) groups is 2. The Balaban J connectivity index is 2.19. The first kappa shape index (κ1) is 12.6. The Kier molecular flexibility index (Phi) is 3.62. The van der Waals surface area contributed by atoms with E-state index in [0.717, 1.165) is 5.56 Å². The molecule has 0 aromatic heterocycles. The van der Waals surface area contributed by atoms with Crippen molar-refractivity contribution in [2.45, 2.75) is 12.5 Å². The summed E-state index contributed by atoms with van der Waals surface area (Å²) in [7, 11) is 0. The van der Waals surface area contributed by atoms with Crippen LogP contribution in [0.5, 0.6) is 0 Å². The van der Waals surface area contributed by atoms with E-state index in [4.69, 9.17) is 5.73 Å². The fraction of sp³-hybridized carbons (Fsp3) is 0.385. The highest BCUT2D eigenvalue weighted by Gasteiger charge is 2.37. The summed E-state index contributed by atoms with van der Waals surface area (Å²) in [6.07, 6.45) is 0.138. The molecule has 0 spiro atoms. The lowest BCUT2D eigenvalue weighted by Crippen LogP contribution is -2.34. The molecule has 1 fully saturated rings. The number of aliphatic hydroxyl groups is 1. The number of benzene rings is 1. The topological polar surface area (TPSA) is 83.6 Å². The molecule has 1 aliphatic heterocycles. The van der Waals surface area contributed by atoms with Crippen molar-refractivity contribution in [1.29, 1.82) is 0 Å². The summed E-state index contributed by atoms with van der Waals surface area (Å²) in [5.74, 6) is -1.05. The molecule has 1 heterocycles. The molecule has 3 N–H and O–H groups in total. The SMILES string of the molecule is NC(=O)C1CC(=O)N([C@@H](CO)c2ccccc2)C1. The van der Waals surface area contributed by atoms with E-state index in [1.807, 2.05) is 30.3 Å². The monoisotopic (exact) mass is 248 g/mol. The Labute approximate surface area is 105 Å². The minimum Gasteiger partial charge on any atom is -0.394 e. The van der Waals surface area contributed by atoms with Crippen molar-refractivity contribution in [3.8, 4) is 0 Å². The van der Waals surface area contributed by atoms with Gasteiger partial charge >= 0.3 is 0 Å². The van der Waals surface area contributed by atoms with E-state index in [1.54, 1.807) is 0 Å². The largest absolute Gasteiger partial charge is 0.394 e. The number of nitrogens with zero attached hydrogens (tertiary/aromatic N) is 1. The molecule has 2 atom stereocenters. The summed E-state index contributed by atoms with van der Waals surface area (Å²) in [5, 5.41) is 9.47. The molecule has 0 bridgehead atoms. The number of carbonyl (C=O) groups excluding carboxylic acids is 2. The van der Waals surface area contributed by atoms with Crippen LogP contribution in [0.1, 0.15) is 18.0 Å². The number of hydrogen-bond donors (Lipinski definition) is 2. The van der Waals surface area contributed by atoms with Crippen molar-refractivity contribution in [3.63, 3.8) is 0 Å². The van der Waals surface area contributed by atoms with Gasteiger partial charge in [-0.1, -0.05) is 30.3 Å². The molecule has 5 heteroatoms. The fourth-order valence-electron chi connectivity index (χ4n) is 2.28. The third kappa shape index (κ3) is 2.36. The zero-order valence-corrected chi connectivity index (χ0v) is 9.95. The van der Waals surface area contributed by atoms with Gasteiger partial charge in [-0.25, -0.2) is 0 Å². The van der Waals surface area contributed by atoms with Crippen LogP contribution in [0.25, 0.3) is 0 Å². The second-order valence-corrected chi connectivity index (χ2v) is 4.46. The quantitative estimate of drug-likeness (QED) is 0.790. The van der Waals surface area contributed by atoms with Crippen LogP contribution in [0.4, 0.5) is 0 Å². The van der Waals surface area contributed by atoms with E-state index in [2.05, 4.69) is 0 Å². The second-order valence-electron chi connectivity index (χ2n) is 4.46. The Bertz CT molecular complexity index is 447. The lowest BCUT2D eigenvalue weighted by Gasteiger charge is -2.26. The van der Waals surface area contributed by atoms with E-state index < -0.39 is 17.9 Å². The van der Waals surface area contributed by atoms with Crippen molar-refractivity contribution >= 4 is 11.8 Å². The van der Waals surface area contributed by atoms with Crippen LogP contribution >= 0.6 is 0 Å². The van der Waals surface area contributed by atoms with Crippen molar-refractivity contribution in [2.24, 2.45) is 11.7 Å². The van der Waals surface area contributed by atoms with Crippen molar-refractivity contribution in [2.75, 3.05) is 13.2 Å². The zero-order chi connectivity index (χ0) is 13.1. The van der Waals surface area contributed by atoms with Crippen LogP contribution in [0, 0.1) is 5.92 Å². The molecule has 0 radical (unpaired) electrons. The maximum Gasteiger partial charge on any atom is 0.224 e. The summed E-state index contributed by atoms with van der Waals surface area (Å²) in [5.41, 5.74) is 6.08. The summed E-state index contributed by atoms with van der Waals surface area (Å²) in [4.78, 5) is 24.5. The number of likely N-dealkylation sites (tertiary alicyclic amines) is 1. The predicted molar refractivity (Wildman–Crippen MR) is 65.3 cm³/mol. The van der Waals surface area contributed by atoms with Gasteiger partial charge in [0.15, 0.2) is 0 Å². The van der Waals surface area contributed by atoms with Gasteiger partial charge in [-0.3, -0.25) is 9.59 Å². The number of hydrogen-bond acceptors (Lipinski definition) is 3. The first-order valence-corrected chi connectivity index (χ1v) is 5.88. The van der Waals surface area contributed by atoms with Crippen LogP contribution in [0.2, 0.25) is 0 Å². The molecule has 1 aliphatic rings. The van der Waals surface area contributed by atoms with Crippen LogP contribution in [-0.4, -0.2) is 35.0 Å². The number of aliphatic hydroxyl groups excluding tert-OH is 1. The fourth-order valence-corrected chi connectivity index (χ4v) is 2.28. The standard InChI is InChI=1S/C13H16N2O3/c14-13(18)10-6-12(17)15(7-10)11(8-16)9-4-2-1-3-5-9/h1-5,10-11,16H,6-8H2,(H2,14,18)/t10?,11-/m0/s1. The molecular weight excluding hydrogens is 232 g/mol. The molecule has 1 saturated heterocycles. The first-order chi connectivity index (χ1) is 8.63. The molecule has 1 aromatic carbocycles. The maximum absolute atomic E-state index is 11.9. The summed E-state index contributed by atoms with van der Waals surface area (Å²) >= 11 is 0. The van der Waals surface area contributed by atoms with Gasteiger partial charge in [-0.15, -0.1) is 0 Å². The lowest BCUT2D eigenvalue weighted by atomic mass is 10.1. The number of nitrogens with two attached hydrogens (primary N) is 1. The number of primary amides is 1. The van der Waals surface area contributed by atoms with Crippen molar-refractivity contribution < 1.29 is 14.7 Å². The maximum atomic E-state index is 11.9. The van der Waals surface area contributed by atoms with Crippen molar-refractivity contribution in [1.82, 2.24) is 4.90 Å². The summed E-state index contributed by atoms with van der Waals surface area (Å²) < 4.78 is 0. The van der Waals surface area contributed by atoms with E-state index in [-0.39, 0.29) is 25.5 Å². The lowest BCUT2D eigenvalue weighted by molar-refractivity contribution is -0.131. The highest BCUT2D eigenvalue weighted by molar-refractivity contribution is 5.88. The van der Waals surface area contributed by atoms with E-state index in [0.29, 0.717) is 0 Å². The van der Waals surface area contributed by atoms with Gasteiger partial charge in [0.1, 0.15) is 0 Å². The molecule has 96 valence electrons. The average molecular weight is 248 g/mol. The second kappa shape index (κ2) is 5.18. The van der Waals surface area contributed by atoms with Crippen LogP contribution < -0.4 is 5.73 Å². The Morgan fingerprint density at radius 1 is 1.44 bits per heavy atom. The van der Waals surface area contributed by atoms with Gasteiger partial charge in [0.2, 0.25) is 11.8 Å². The van der Waals surface area contributed by atoms with E-state index >= 15 is 0 Å². The van der Waals surface area contributed by atoms with Gasteiger partial charge in [-0.05, 0) is 5.56 Å². The van der Waals surface area contributed by atoms with Gasteiger partial charge in [0, 0.05) is 13.0 Å². The minimum absolute atomic E-state index is 0.137. The Morgan fingerprint density at radius 3 is 2.61 bits per heavy atom. The van der Waals surface area contributed by atoms with E-state index in [9.17, 15) is 14.7 Å². The summed E-state index contributed by atoms with van der Waals surface area (Å²) in [6.45, 7) is 0.121. The normalized spacial score (nSPS) is 21.1. The Morgan fingerprint density at radius 2 is 2.11 bits per heavy atom.